The summed E-state index contributed by atoms with van der Waals surface area (Å²) in [6.45, 7) is 1.06. The first kappa shape index (κ1) is 25.2. The molecule has 0 spiro atoms. The van der Waals surface area contributed by atoms with Gasteiger partial charge in [-0.15, -0.1) is 0 Å². The van der Waals surface area contributed by atoms with Gasteiger partial charge in [0.05, 0.1) is 24.3 Å². The minimum absolute atomic E-state index is 0.00760. The zero-order valence-corrected chi connectivity index (χ0v) is 19.5. The fourth-order valence-electron chi connectivity index (χ4n) is 3.67. The van der Waals surface area contributed by atoms with Crippen molar-refractivity contribution in [1.82, 2.24) is 9.97 Å². The molecule has 1 atom stereocenters. The molecular weight excluding hydrogens is 477 g/mol. The van der Waals surface area contributed by atoms with E-state index in [0.717, 1.165) is 30.5 Å². The number of carbonyl (C=O) groups excluding carboxylic acids is 1. The van der Waals surface area contributed by atoms with E-state index in [1.165, 1.54) is 25.4 Å². The zero-order valence-electron chi connectivity index (χ0n) is 19.5. The summed E-state index contributed by atoms with van der Waals surface area (Å²) in [5, 5.41) is 5.61. The second-order valence-corrected chi connectivity index (χ2v) is 8.10. The van der Waals surface area contributed by atoms with E-state index < -0.39 is 17.6 Å². The average Bonchev–Trinajstić information content (AvgIpc) is 3.40. The molecule has 1 saturated heterocycles. The first-order valence-corrected chi connectivity index (χ1v) is 11.3. The Bertz CT molecular complexity index is 1200. The van der Waals surface area contributed by atoms with Crippen molar-refractivity contribution >= 4 is 17.4 Å². The van der Waals surface area contributed by atoms with Gasteiger partial charge in [0, 0.05) is 43.4 Å². The fraction of sp³-hybridized carbons (Fsp3) is 0.320. The second kappa shape index (κ2) is 11.3. The number of carbonyl (C=O) groups is 1. The topological polar surface area (TPSA) is 94.6 Å². The van der Waals surface area contributed by atoms with Crippen LogP contribution in [-0.4, -0.2) is 42.3 Å². The molecule has 3 heterocycles. The number of ether oxygens (including phenoxy) is 3. The Hall–Kier alpha value is -3.86. The number of pyridine rings is 2. The number of amides is 1. The SMILES string of the molecule is COc1cc(CNc2ncccc2C(=O)Nc2cc(OCC3CCCO3)cc(C(F)(F)F)c2)ccn1. The Morgan fingerprint density at radius 3 is 2.78 bits per heavy atom. The molecule has 1 unspecified atom stereocenters. The molecule has 1 amide bonds. The molecule has 0 radical (unpaired) electrons. The van der Waals surface area contributed by atoms with E-state index in [2.05, 4.69) is 20.6 Å². The van der Waals surface area contributed by atoms with Crippen LogP contribution in [0.5, 0.6) is 11.6 Å². The van der Waals surface area contributed by atoms with Crippen molar-refractivity contribution in [2.24, 2.45) is 0 Å². The van der Waals surface area contributed by atoms with E-state index >= 15 is 0 Å². The van der Waals surface area contributed by atoms with Gasteiger partial charge < -0.3 is 24.8 Å². The van der Waals surface area contributed by atoms with Crippen molar-refractivity contribution in [3.8, 4) is 11.6 Å². The summed E-state index contributed by atoms with van der Waals surface area (Å²) in [7, 11) is 1.51. The maximum Gasteiger partial charge on any atom is 0.416 e. The molecule has 11 heteroatoms. The number of anilines is 2. The molecule has 1 aliphatic rings. The number of methoxy groups -OCH3 is 1. The molecule has 0 saturated carbocycles. The maximum absolute atomic E-state index is 13.5. The van der Waals surface area contributed by atoms with Gasteiger partial charge in [0.1, 0.15) is 18.2 Å². The van der Waals surface area contributed by atoms with Crippen molar-refractivity contribution in [2.45, 2.75) is 31.7 Å². The second-order valence-electron chi connectivity index (χ2n) is 8.10. The van der Waals surface area contributed by atoms with E-state index in [0.29, 0.717) is 19.0 Å². The number of rotatable bonds is 9. The predicted molar refractivity (Wildman–Crippen MR) is 126 cm³/mol. The van der Waals surface area contributed by atoms with E-state index in [-0.39, 0.29) is 35.5 Å². The van der Waals surface area contributed by atoms with Crippen molar-refractivity contribution < 1.29 is 32.2 Å². The van der Waals surface area contributed by atoms with E-state index in [4.69, 9.17) is 14.2 Å². The first-order chi connectivity index (χ1) is 17.3. The molecule has 4 rings (SSSR count). The molecular formula is C25H25F3N4O4. The minimum Gasteiger partial charge on any atom is -0.491 e. The highest BCUT2D eigenvalue weighted by molar-refractivity contribution is 6.07. The van der Waals surface area contributed by atoms with Gasteiger partial charge >= 0.3 is 6.18 Å². The highest BCUT2D eigenvalue weighted by Crippen LogP contribution is 2.34. The lowest BCUT2D eigenvalue weighted by Gasteiger charge is -2.16. The van der Waals surface area contributed by atoms with Crippen molar-refractivity contribution in [1.29, 1.82) is 0 Å². The van der Waals surface area contributed by atoms with Gasteiger partial charge in [-0.3, -0.25) is 4.79 Å². The van der Waals surface area contributed by atoms with Crippen LogP contribution in [0.1, 0.15) is 34.3 Å². The lowest BCUT2D eigenvalue weighted by Crippen LogP contribution is -2.18. The number of benzene rings is 1. The number of hydrogen-bond acceptors (Lipinski definition) is 7. The van der Waals surface area contributed by atoms with Gasteiger partial charge in [0.2, 0.25) is 5.88 Å². The number of alkyl halides is 3. The minimum atomic E-state index is -4.62. The van der Waals surface area contributed by atoms with Gasteiger partial charge in [-0.2, -0.15) is 13.2 Å². The van der Waals surface area contributed by atoms with E-state index in [9.17, 15) is 18.0 Å². The molecule has 3 aromatic rings. The van der Waals surface area contributed by atoms with Crippen molar-refractivity contribution in [2.75, 3.05) is 31.0 Å². The lowest BCUT2D eigenvalue weighted by atomic mass is 10.1. The van der Waals surface area contributed by atoms with Gasteiger partial charge in [0.25, 0.3) is 5.91 Å². The van der Waals surface area contributed by atoms with Crippen LogP contribution in [0, 0.1) is 0 Å². The zero-order chi connectivity index (χ0) is 25.5. The monoisotopic (exact) mass is 502 g/mol. The summed E-state index contributed by atoms with van der Waals surface area (Å²) in [6.07, 6.45) is -0.0154. The Morgan fingerprint density at radius 1 is 1.17 bits per heavy atom. The van der Waals surface area contributed by atoms with Gasteiger partial charge in [-0.25, -0.2) is 9.97 Å². The third-order valence-corrected chi connectivity index (χ3v) is 5.47. The third-order valence-electron chi connectivity index (χ3n) is 5.47. The quantitative estimate of drug-likeness (QED) is 0.429. The Balaban J connectivity index is 1.50. The molecule has 2 aromatic heterocycles. The lowest BCUT2D eigenvalue weighted by molar-refractivity contribution is -0.137. The molecule has 0 aliphatic carbocycles. The van der Waals surface area contributed by atoms with Crippen LogP contribution < -0.4 is 20.1 Å². The molecule has 36 heavy (non-hydrogen) atoms. The van der Waals surface area contributed by atoms with Crippen LogP contribution >= 0.6 is 0 Å². The molecule has 190 valence electrons. The summed E-state index contributed by atoms with van der Waals surface area (Å²) >= 11 is 0. The van der Waals surface area contributed by atoms with Crippen LogP contribution in [0.15, 0.2) is 54.9 Å². The van der Waals surface area contributed by atoms with Crippen LogP contribution in [-0.2, 0) is 17.5 Å². The van der Waals surface area contributed by atoms with Crippen LogP contribution in [0.2, 0.25) is 0 Å². The van der Waals surface area contributed by atoms with Gasteiger partial charge in [-0.1, -0.05) is 0 Å². The average molecular weight is 502 g/mol. The number of nitrogens with zero attached hydrogens (tertiary/aromatic N) is 2. The molecule has 1 fully saturated rings. The molecule has 8 nitrogen and oxygen atoms in total. The van der Waals surface area contributed by atoms with Gasteiger partial charge in [-0.05, 0) is 48.7 Å². The summed E-state index contributed by atoms with van der Waals surface area (Å²) in [4.78, 5) is 21.3. The van der Waals surface area contributed by atoms with Crippen LogP contribution in [0.3, 0.4) is 0 Å². The third kappa shape index (κ3) is 6.63. The predicted octanol–water partition coefficient (Wildman–Crippen LogP) is 4.93. The Labute approximate surface area is 205 Å². The van der Waals surface area contributed by atoms with Crippen LogP contribution in [0.4, 0.5) is 24.7 Å². The number of hydrogen-bond donors (Lipinski definition) is 2. The van der Waals surface area contributed by atoms with Crippen LogP contribution in [0.25, 0.3) is 0 Å². The largest absolute Gasteiger partial charge is 0.491 e. The fourth-order valence-corrected chi connectivity index (χ4v) is 3.67. The highest BCUT2D eigenvalue weighted by Gasteiger charge is 2.32. The summed E-state index contributed by atoms with van der Waals surface area (Å²) in [5.74, 6) is 0.0806. The molecule has 0 bridgehead atoms. The summed E-state index contributed by atoms with van der Waals surface area (Å²) in [6, 6.07) is 9.73. The number of aromatic nitrogens is 2. The van der Waals surface area contributed by atoms with E-state index in [1.807, 2.05) is 0 Å². The van der Waals surface area contributed by atoms with Gasteiger partial charge in [0.15, 0.2) is 0 Å². The first-order valence-electron chi connectivity index (χ1n) is 11.3. The smallest absolute Gasteiger partial charge is 0.416 e. The summed E-state index contributed by atoms with van der Waals surface area (Å²) in [5.41, 5.74) is 0.0205. The molecule has 1 aromatic carbocycles. The number of nitrogens with one attached hydrogen (secondary N) is 2. The standard InChI is InChI=1S/C25H25F3N4O4/c1-34-22-10-16(6-8-29-22)14-31-23-21(5-2-7-30-23)24(33)32-18-11-17(25(26,27)28)12-20(13-18)36-15-19-4-3-9-35-19/h2,5-8,10-13,19H,3-4,9,14-15H2,1H3,(H,30,31)(H,32,33). The van der Waals surface area contributed by atoms with Crippen molar-refractivity contribution in [3.05, 3.63) is 71.5 Å². The molecule has 1 aliphatic heterocycles. The summed E-state index contributed by atoms with van der Waals surface area (Å²) < 4.78 is 56.6. The number of halogens is 3. The maximum atomic E-state index is 13.5. The Morgan fingerprint density at radius 2 is 2.03 bits per heavy atom. The normalized spacial score (nSPS) is 15.4. The molecule has 2 N–H and O–H groups in total. The highest BCUT2D eigenvalue weighted by atomic mass is 19.4. The Kier molecular flexibility index (Phi) is 7.89. The van der Waals surface area contributed by atoms with E-state index in [1.54, 1.807) is 24.4 Å². The van der Waals surface area contributed by atoms with Crippen molar-refractivity contribution in [3.63, 3.8) is 0 Å².